The number of ether oxygens (including phenoxy) is 3. The molecule has 18 heavy (non-hydrogen) atoms. The van der Waals surface area contributed by atoms with Crippen LogP contribution in [0.2, 0.25) is 0 Å². The number of hydrogen-bond donors (Lipinski definition) is 1. The minimum Gasteiger partial charge on any atom is -0.493 e. The molecule has 1 atom stereocenters. The molecule has 4 nitrogen and oxygen atoms in total. The van der Waals surface area contributed by atoms with E-state index in [2.05, 4.69) is 12.2 Å². The Labute approximate surface area is 109 Å². The molecule has 1 aromatic carbocycles. The zero-order chi connectivity index (χ0) is 13.2. The van der Waals surface area contributed by atoms with Crippen LogP contribution in [0, 0.1) is 0 Å². The van der Waals surface area contributed by atoms with E-state index in [4.69, 9.17) is 14.2 Å². The zero-order valence-corrected chi connectivity index (χ0v) is 11.4. The maximum Gasteiger partial charge on any atom is 0.161 e. The van der Waals surface area contributed by atoms with E-state index in [0.29, 0.717) is 13.2 Å². The number of nitrogens with one attached hydrogen (secondary N) is 1. The lowest BCUT2D eigenvalue weighted by molar-refractivity contribution is 0.135. The predicted octanol–water partition coefficient (Wildman–Crippen LogP) is 2.09. The fraction of sp³-hybridized carbons (Fsp3) is 0.571. The first-order valence-corrected chi connectivity index (χ1v) is 6.30. The van der Waals surface area contributed by atoms with Crippen molar-refractivity contribution in [3.05, 3.63) is 24.3 Å². The third kappa shape index (κ3) is 4.94. The normalized spacial score (nSPS) is 12.2. The fourth-order valence-electron chi connectivity index (χ4n) is 1.64. The summed E-state index contributed by atoms with van der Waals surface area (Å²) < 4.78 is 16.2. The summed E-state index contributed by atoms with van der Waals surface area (Å²) in [6, 6.07) is 7.85. The number of methoxy groups -OCH3 is 2. The van der Waals surface area contributed by atoms with Gasteiger partial charge in [0, 0.05) is 7.11 Å². The summed E-state index contributed by atoms with van der Waals surface area (Å²) in [6.45, 7) is 4.30. The molecule has 1 N–H and O–H groups in total. The van der Waals surface area contributed by atoms with E-state index in [1.807, 2.05) is 24.3 Å². The van der Waals surface area contributed by atoms with Gasteiger partial charge in [-0.25, -0.2) is 0 Å². The molecule has 1 aromatic rings. The van der Waals surface area contributed by atoms with E-state index < -0.39 is 0 Å². The summed E-state index contributed by atoms with van der Waals surface area (Å²) in [7, 11) is 3.34. The Bertz CT molecular complexity index is 331. The Morgan fingerprint density at radius 1 is 1.11 bits per heavy atom. The molecule has 0 radical (unpaired) electrons. The number of benzene rings is 1. The van der Waals surface area contributed by atoms with Crippen molar-refractivity contribution < 1.29 is 14.2 Å². The second-order valence-corrected chi connectivity index (χ2v) is 4.07. The lowest BCUT2D eigenvalue weighted by Crippen LogP contribution is -2.38. The van der Waals surface area contributed by atoms with Crippen molar-refractivity contribution in [3.63, 3.8) is 0 Å². The molecule has 4 heteroatoms. The summed E-state index contributed by atoms with van der Waals surface area (Å²) in [6.07, 6.45) is 1.09. The fourth-order valence-corrected chi connectivity index (χ4v) is 1.64. The molecule has 1 rings (SSSR count). The molecule has 0 aliphatic heterocycles. The van der Waals surface area contributed by atoms with Crippen LogP contribution >= 0.6 is 0 Å². The molecule has 0 aromatic heterocycles. The molecule has 0 saturated heterocycles. The number of rotatable bonds is 9. The van der Waals surface area contributed by atoms with Crippen LogP contribution < -0.4 is 14.8 Å². The van der Waals surface area contributed by atoms with Crippen molar-refractivity contribution in [2.45, 2.75) is 19.4 Å². The van der Waals surface area contributed by atoms with Gasteiger partial charge in [-0.2, -0.15) is 0 Å². The third-order valence-electron chi connectivity index (χ3n) is 2.56. The summed E-state index contributed by atoms with van der Waals surface area (Å²) in [5.41, 5.74) is 0. The predicted molar refractivity (Wildman–Crippen MR) is 72.4 cm³/mol. The molecule has 0 heterocycles. The SMILES string of the molecule is CCCNC(COC)COc1ccccc1OC. The Hall–Kier alpha value is -1.26. The first-order valence-electron chi connectivity index (χ1n) is 6.30. The molecule has 102 valence electrons. The minimum absolute atomic E-state index is 0.194. The second-order valence-electron chi connectivity index (χ2n) is 4.07. The highest BCUT2D eigenvalue weighted by atomic mass is 16.5. The lowest BCUT2D eigenvalue weighted by Gasteiger charge is -2.19. The van der Waals surface area contributed by atoms with Gasteiger partial charge in [0.1, 0.15) is 6.61 Å². The smallest absolute Gasteiger partial charge is 0.161 e. The molecule has 0 saturated carbocycles. The molecular formula is C14H23NO3. The van der Waals surface area contributed by atoms with E-state index in [1.54, 1.807) is 14.2 Å². The van der Waals surface area contributed by atoms with Crippen LogP contribution in [0.1, 0.15) is 13.3 Å². The monoisotopic (exact) mass is 253 g/mol. The van der Waals surface area contributed by atoms with E-state index >= 15 is 0 Å². The van der Waals surface area contributed by atoms with Crippen molar-refractivity contribution in [2.75, 3.05) is 34.0 Å². The molecule has 0 aliphatic rings. The van der Waals surface area contributed by atoms with Crippen LogP contribution in [0.3, 0.4) is 0 Å². The van der Waals surface area contributed by atoms with Gasteiger partial charge < -0.3 is 19.5 Å². The van der Waals surface area contributed by atoms with Gasteiger partial charge in [-0.3, -0.25) is 0 Å². The molecule has 1 unspecified atom stereocenters. The minimum atomic E-state index is 0.194. The average Bonchev–Trinajstić information content (AvgIpc) is 2.42. The summed E-state index contributed by atoms with van der Waals surface area (Å²) in [4.78, 5) is 0. The molecule has 0 aliphatic carbocycles. The quantitative estimate of drug-likeness (QED) is 0.731. The Kier molecular flexibility index (Phi) is 7.22. The first-order chi connectivity index (χ1) is 8.81. The van der Waals surface area contributed by atoms with Gasteiger partial charge in [0.05, 0.1) is 19.8 Å². The zero-order valence-electron chi connectivity index (χ0n) is 11.4. The first kappa shape index (κ1) is 14.8. The molecule has 0 bridgehead atoms. The van der Waals surface area contributed by atoms with Crippen LogP contribution in [0.25, 0.3) is 0 Å². The maximum atomic E-state index is 5.77. The molecular weight excluding hydrogens is 230 g/mol. The van der Waals surface area contributed by atoms with Gasteiger partial charge in [0.15, 0.2) is 11.5 Å². The molecule has 0 fully saturated rings. The standard InChI is InChI=1S/C14H23NO3/c1-4-9-15-12(10-16-2)11-18-14-8-6-5-7-13(14)17-3/h5-8,12,15H,4,9-11H2,1-3H3. The molecule has 0 amide bonds. The highest BCUT2D eigenvalue weighted by Gasteiger charge is 2.10. The Balaban J connectivity index is 2.49. The van der Waals surface area contributed by atoms with Gasteiger partial charge in [0.2, 0.25) is 0 Å². The molecule has 0 spiro atoms. The Morgan fingerprint density at radius 2 is 1.83 bits per heavy atom. The maximum absolute atomic E-state index is 5.77. The third-order valence-corrected chi connectivity index (χ3v) is 2.56. The highest BCUT2D eigenvalue weighted by Crippen LogP contribution is 2.25. The largest absolute Gasteiger partial charge is 0.493 e. The van der Waals surface area contributed by atoms with E-state index in [0.717, 1.165) is 24.5 Å². The lowest BCUT2D eigenvalue weighted by atomic mass is 10.3. The van der Waals surface area contributed by atoms with Crippen molar-refractivity contribution in [1.82, 2.24) is 5.32 Å². The van der Waals surface area contributed by atoms with E-state index in [-0.39, 0.29) is 6.04 Å². The Morgan fingerprint density at radius 3 is 2.44 bits per heavy atom. The van der Waals surface area contributed by atoms with E-state index in [9.17, 15) is 0 Å². The van der Waals surface area contributed by atoms with Crippen molar-refractivity contribution in [3.8, 4) is 11.5 Å². The van der Waals surface area contributed by atoms with Crippen molar-refractivity contribution in [1.29, 1.82) is 0 Å². The number of hydrogen-bond acceptors (Lipinski definition) is 4. The van der Waals surface area contributed by atoms with Gasteiger partial charge in [0.25, 0.3) is 0 Å². The van der Waals surface area contributed by atoms with Gasteiger partial charge in [-0.15, -0.1) is 0 Å². The highest BCUT2D eigenvalue weighted by molar-refractivity contribution is 5.39. The van der Waals surface area contributed by atoms with Crippen LogP contribution in [-0.4, -0.2) is 40.0 Å². The summed E-state index contributed by atoms with van der Waals surface area (Å²) in [5.74, 6) is 1.52. The van der Waals surface area contributed by atoms with Gasteiger partial charge in [-0.05, 0) is 25.1 Å². The van der Waals surface area contributed by atoms with Crippen molar-refractivity contribution >= 4 is 0 Å². The van der Waals surface area contributed by atoms with E-state index in [1.165, 1.54) is 0 Å². The van der Waals surface area contributed by atoms with Crippen molar-refractivity contribution in [2.24, 2.45) is 0 Å². The van der Waals surface area contributed by atoms with Crippen LogP contribution in [0.5, 0.6) is 11.5 Å². The van der Waals surface area contributed by atoms with Gasteiger partial charge >= 0.3 is 0 Å². The summed E-state index contributed by atoms with van der Waals surface area (Å²) in [5, 5.41) is 3.39. The summed E-state index contributed by atoms with van der Waals surface area (Å²) >= 11 is 0. The second kappa shape index (κ2) is 8.78. The average molecular weight is 253 g/mol. The van der Waals surface area contributed by atoms with Crippen LogP contribution in [0.4, 0.5) is 0 Å². The topological polar surface area (TPSA) is 39.7 Å². The van der Waals surface area contributed by atoms with Gasteiger partial charge in [-0.1, -0.05) is 19.1 Å². The van der Waals surface area contributed by atoms with Crippen LogP contribution in [0.15, 0.2) is 24.3 Å². The number of para-hydroxylation sites is 2. The van der Waals surface area contributed by atoms with Crippen LogP contribution in [-0.2, 0) is 4.74 Å².